The number of aliphatic hydroxyl groups excluding tert-OH is 2. The van der Waals surface area contributed by atoms with Crippen LogP contribution in [-0.4, -0.2) is 56.5 Å². The first-order valence-corrected chi connectivity index (χ1v) is 26.8. The summed E-state index contributed by atoms with van der Waals surface area (Å²) in [6.07, 6.45) is 12.3. The maximum absolute atomic E-state index is 14.2. The number of aromatic hydroxyl groups is 2. The van der Waals surface area contributed by atoms with Crippen molar-refractivity contribution >= 4 is 33.1 Å². The first-order valence-electron chi connectivity index (χ1n) is 24.3. The molecule has 1 fully saturated rings. The number of hydrogen-bond acceptors (Lipinski definition) is 12. The van der Waals surface area contributed by atoms with Gasteiger partial charge in [-0.25, -0.2) is 0 Å². The van der Waals surface area contributed by atoms with Gasteiger partial charge in [-0.05, 0) is 157 Å². The quantitative estimate of drug-likeness (QED) is 0.0533. The van der Waals surface area contributed by atoms with Gasteiger partial charge >= 0.3 is 0 Å². The Morgan fingerprint density at radius 2 is 1.72 bits per heavy atom. The number of carbonyl (C=O) groups is 1. The van der Waals surface area contributed by atoms with Crippen LogP contribution in [0.2, 0.25) is 0 Å². The summed E-state index contributed by atoms with van der Waals surface area (Å²) in [7, 11) is 3.35. The Kier molecular flexibility index (Phi) is 16.8. The third-order valence-electron chi connectivity index (χ3n) is 14.2. The molecule has 2 aliphatic heterocycles. The number of aliphatic hydroxyl groups is 2. The molecule has 4 aromatic carbocycles. The van der Waals surface area contributed by atoms with Gasteiger partial charge in [0.15, 0.2) is 17.3 Å². The largest absolute Gasteiger partial charge is 0.875 e. The van der Waals surface area contributed by atoms with Crippen LogP contribution in [0.25, 0.3) is 0 Å². The fourth-order valence-electron chi connectivity index (χ4n) is 10.5. The van der Waals surface area contributed by atoms with E-state index >= 15 is 0 Å². The predicted molar refractivity (Wildman–Crippen MR) is 276 cm³/mol. The molecule has 362 valence electrons. The van der Waals surface area contributed by atoms with Gasteiger partial charge in [0.1, 0.15) is 5.75 Å². The molecule has 12 heteroatoms. The number of fused-ring (bicyclic) bond motifs is 9. The van der Waals surface area contributed by atoms with E-state index < -0.39 is 29.7 Å². The fourth-order valence-corrected chi connectivity index (χ4v) is 13.0. The van der Waals surface area contributed by atoms with Crippen molar-refractivity contribution in [3.05, 3.63) is 159 Å². The van der Waals surface area contributed by atoms with Crippen molar-refractivity contribution in [1.82, 2.24) is 0 Å². The van der Waals surface area contributed by atoms with Crippen LogP contribution < -0.4 is 21.3 Å². The van der Waals surface area contributed by atoms with Crippen molar-refractivity contribution in [3.8, 4) is 29.1 Å². The molecule has 0 saturated heterocycles. The van der Waals surface area contributed by atoms with Crippen LogP contribution in [0.5, 0.6) is 17.2 Å². The molecule has 0 spiro atoms. The third kappa shape index (κ3) is 12.9. The number of aliphatic imine (C=N–C) groups is 1. The number of nitrogens with two attached hydrogens (primary N) is 2. The van der Waals surface area contributed by atoms with Gasteiger partial charge in [0.2, 0.25) is 0 Å². The molecule has 0 radical (unpaired) electrons. The highest BCUT2D eigenvalue weighted by atomic mass is 33.1. The average molecular weight is 967 g/mol. The highest BCUT2D eigenvalue weighted by Crippen LogP contribution is 2.50. The number of ether oxygens (including phenoxy) is 1. The second-order valence-electron chi connectivity index (χ2n) is 19.4. The van der Waals surface area contributed by atoms with E-state index in [9.17, 15) is 30.3 Å². The van der Waals surface area contributed by atoms with Gasteiger partial charge < -0.3 is 41.7 Å². The van der Waals surface area contributed by atoms with Gasteiger partial charge in [-0.2, -0.15) is 0 Å². The number of phenolic OH excluding ortho intramolecular Hbond substituents is 2. The van der Waals surface area contributed by atoms with E-state index in [1.54, 1.807) is 64.2 Å². The van der Waals surface area contributed by atoms with Crippen LogP contribution in [0.4, 0.5) is 0 Å². The normalized spacial score (nSPS) is 22.9. The molecular formula is C57H64N3O7S2-. The molecule has 2 heterocycles. The number of benzene rings is 4. The Morgan fingerprint density at radius 3 is 2.52 bits per heavy atom. The minimum atomic E-state index is -0.804. The minimum Gasteiger partial charge on any atom is -0.875 e. The molecule has 0 amide bonds. The molecule has 8 bridgehead atoms. The highest BCUT2D eigenvalue weighted by molar-refractivity contribution is 8.76. The van der Waals surface area contributed by atoms with E-state index in [0.29, 0.717) is 71.8 Å². The van der Waals surface area contributed by atoms with Gasteiger partial charge in [0.25, 0.3) is 0 Å². The Morgan fingerprint density at radius 1 is 0.928 bits per heavy atom. The molecule has 8 rings (SSSR count). The number of hydrogen-bond donors (Lipinski definition) is 6. The number of allylic oxidation sites excluding steroid dienone is 5. The third-order valence-corrected chi connectivity index (χ3v) is 16.7. The Balaban J connectivity index is 1.12. The summed E-state index contributed by atoms with van der Waals surface area (Å²) in [5, 5.41) is 58.9. The van der Waals surface area contributed by atoms with E-state index in [4.69, 9.17) is 16.2 Å². The van der Waals surface area contributed by atoms with Crippen LogP contribution in [0, 0.1) is 29.1 Å². The van der Waals surface area contributed by atoms with E-state index in [0.717, 1.165) is 59.9 Å². The maximum Gasteiger partial charge on any atom is 0.161 e. The average Bonchev–Trinajstić information content (AvgIpc) is 3.94. The molecule has 10 nitrogen and oxygen atoms in total. The van der Waals surface area contributed by atoms with Crippen molar-refractivity contribution < 1.29 is 35.1 Å². The lowest BCUT2D eigenvalue weighted by atomic mass is 9.76. The minimum absolute atomic E-state index is 0.00882. The number of ketones is 1. The Bertz CT molecular complexity index is 2670. The van der Waals surface area contributed by atoms with Gasteiger partial charge in [-0.15, -0.1) is 5.76 Å². The molecule has 2 aliphatic carbocycles. The van der Waals surface area contributed by atoms with Crippen LogP contribution in [0.1, 0.15) is 121 Å². The highest BCUT2D eigenvalue weighted by Gasteiger charge is 2.43. The summed E-state index contributed by atoms with van der Waals surface area (Å²) >= 11 is 0. The topological polar surface area (TPSA) is 195 Å². The number of aryl methyl sites for hydroxylation is 2. The van der Waals surface area contributed by atoms with Gasteiger partial charge in [0, 0.05) is 47.6 Å². The monoisotopic (exact) mass is 966 g/mol. The summed E-state index contributed by atoms with van der Waals surface area (Å²) in [5.41, 5.74) is 20.3. The van der Waals surface area contributed by atoms with Gasteiger partial charge in [-0.3, -0.25) is 9.79 Å². The molecule has 6 atom stereocenters. The standard InChI is InChI=1S/C57H65N3O7S2/c1-36(61)26-39(11-10-37-6-3-2-4-7-37)18-22-57-23-19-44(62)15-12-38-14-17-52(64)55(28-38)67-25-21-40-13-16-51(63)49(27-40)48-31-53(65)45-20-24-60-50(45)9-5-8-41-29-47(56(58)59)42(30-46(41)48)34-68-69-35-43(32-57)54(66)33-57/h2-4,6-7,13-14,16-17,19-20,23-24,27-30,36,39,43,48,54,56,61,63-66H,9-12,15,18,21-22,25-26,31-35,58-59H2,1H3/p-1. The van der Waals surface area contributed by atoms with E-state index in [2.05, 4.69) is 53.2 Å². The predicted octanol–water partition coefficient (Wildman–Crippen LogP) is 9.01. The van der Waals surface area contributed by atoms with Crippen LogP contribution in [0.3, 0.4) is 0 Å². The fraction of sp³-hybridized carbons (Fsp3) is 0.404. The molecule has 1 saturated carbocycles. The molecule has 4 aromatic rings. The first kappa shape index (κ1) is 50.1. The lowest BCUT2D eigenvalue weighted by Gasteiger charge is -2.29. The second kappa shape index (κ2) is 23.1. The molecular weight excluding hydrogens is 903 g/mol. The molecule has 4 aliphatic rings. The first-order chi connectivity index (χ1) is 33.3. The second-order valence-corrected chi connectivity index (χ2v) is 21.9. The Labute approximate surface area is 414 Å². The smallest absolute Gasteiger partial charge is 0.161 e. The van der Waals surface area contributed by atoms with Crippen LogP contribution >= 0.6 is 21.6 Å². The zero-order valence-electron chi connectivity index (χ0n) is 39.3. The zero-order valence-corrected chi connectivity index (χ0v) is 41.0. The maximum atomic E-state index is 14.2. The van der Waals surface area contributed by atoms with Gasteiger partial charge in [0.05, 0.1) is 37.1 Å². The van der Waals surface area contributed by atoms with E-state index in [1.807, 2.05) is 31.2 Å². The number of phenols is 2. The Hall–Kier alpha value is -5.26. The molecule has 8 N–H and O–H groups in total. The zero-order chi connectivity index (χ0) is 48.5. The number of nitrogens with zero attached hydrogens (tertiary/aromatic N) is 1. The summed E-state index contributed by atoms with van der Waals surface area (Å²) in [6.45, 7) is 2.06. The van der Waals surface area contributed by atoms with Gasteiger partial charge in [-0.1, -0.05) is 94.1 Å². The van der Waals surface area contributed by atoms with E-state index in [1.165, 1.54) is 5.56 Å². The van der Waals surface area contributed by atoms with Crippen LogP contribution in [-0.2, 0) is 29.8 Å². The van der Waals surface area contributed by atoms with Crippen molar-refractivity contribution in [2.45, 2.75) is 114 Å². The van der Waals surface area contributed by atoms with Crippen molar-refractivity contribution in [3.63, 3.8) is 0 Å². The summed E-state index contributed by atoms with van der Waals surface area (Å²) in [6, 6.07) is 25.0. The van der Waals surface area contributed by atoms with E-state index in [-0.39, 0.29) is 54.3 Å². The molecule has 0 aromatic heterocycles. The van der Waals surface area contributed by atoms with Crippen LogP contribution in [0.15, 0.2) is 120 Å². The summed E-state index contributed by atoms with van der Waals surface area (Å²) in [4.78, 5) is 18.1. The summed E-state index contributed by atoms with van der Waals surface area (Å²) in [5.74, 6) is 7.71. The molecule has 69 heavy (non-hydrogen) atoms. The lowest BCUT2D eigenvalue weighted by Crippen LogP contribution is -2.23. The van der Waals surface area contributed by atoms with Crippen molar-refractivity contribution in [1.29, 1.82) is 0 Å². The molecule has 6 unspecified atom stereocenters. The number of carbonyl (C=O) groups excluding carboxylic acids is 1. The summed E-state index contributed by atoms with van der Waals surface area (Å²) < 4.78 is 6.16. The SMILES string of the molecule is CC(O)CC(CCc1ccccc1)CCC12C=CC(=O)CCc3ccc(O)c(c3)OCCc3ccc(O)c(c3)C3CC([O-])=C4C=CN=C4CC#Cc4cc(C(N)N)c(cc43)CSSCC(C1)C(O)C2. The van der Waals surface area contributed by atoms with Crippen molar-refractivity contribution in [2.75, 3.05) is 12.4 Å². The number of rotatable bonds is 9. The van der Waals surface area contributed by atoms with Crippen molar-refractivity contribution in [2.24, 2.45) is 33.7 Å². The lowest BCUT2D eigenvalue weighted by molar-refractivity contribution is -0.307.